The zero-order valence-electron chi connectivity index (χ0n) is 10.8. The number of rotatable bonds is 4. The predicted molar refractivity (Wildman–Crippen MR) is 82.6 cm³/mol. The van der Waals surface area contributed by atoms with Gasteiger partial charge in [0.25, 0.3) is 0 Å². The highest BCUT2D eigenvalue weighted by molar-refractivity contribution is 7.99. The van der Waals surface area contributed by atoms with Gasteiger partial charge in [-0.2, -0.15) is 23.1 Å². The number of thiophene rings is 1. The first-order valence-electron chi connectivity index (χ1n) is 6.42. The van der Waals surface area contributed by atoms with E-state index in [1.54, 1.807) is 11.3 Å². The Morgan fingerprint density at radius 3 is 2.89 bits per heavy atom. The molecule has 100 valence electrons. The maximum Gasteiger partial charge on any atom is 0.191 e. The van der Waals surface area contributed by atoms with Crippen molar-refractivity contribution in [2.75, 3.05) is 25.1 Å². The molecule has 0 atom stereocenters. The maximum absolute atomic E-state index is 4.26. The number of nitrogens with zero attached hydrogens (tertiary/aromatic N) is 1. The number of aliphatic imine (C=N–C) groups is 1. The Bertz CT molecular complexity index is 356. The summed E-state index contributed by atoms with van der Waals surface area (Å²) in [6, 6.07) is 2.14. The first-order valence-corrected chi connectivity index (χ1v) is 8.51. The van der Waals surface area contributed by atoms with Crippen molar-refractivity contribution in [2.24, 2.45) is 10.9 Å². The van der Waals surface area contributed by atoms with Crippen molar-refractivity contribution in [3.05, 3.63) is 22.4 Å². The summed E-state index contributed by atoms with van der Waals surface area (Å²) in [5.74, 6) is 4.35. The van der Waals surface area contributed by atoms with E-state index in [-0.39, 0.29) is 0 Å². The van der Waals surface area contributed by atoms with Crippen LogP contribution in [0.1, 0.15) is 18.4 Å². The largest absolute Gasteiger partial charge is 0.356 e. The van der Waals surface area contributed by atoms with Gasteiger partial charge in [0, 0.05) is 20.1 Å². The van der Waals surface area contributed by atoms with Crippen molar-refractivity contribution in [3.8, 4) is 0 Å². The van der Waals surface area contributed by atoms with E-state index in [0.717, 1.165) is 25.0 Å². The first-order chi connectivity index (χ1) is 8.88. The van der Waals surface area contributed by atoms with E-state index < -0.39 is 0 Å². The van der Waals surface area contributed by atoms with Crippen LogP contribution in [0.15, 0.2) is 21.8 Å². The molecule has 0 radical (unpaired) electrons. The van der Waals surface area contributed by atoms with Crippen LogP contribution in [0.4, 0.5) is 0 Å². The first kappa shape index (κ1) is 13.7. The fraction of sp³-hybridized carbons (Fsp3) is 0.615. The second kappa shape index (κ2) is 7.69. The van der Waals surface area contributed by atoms with E-state index in [1.807, 2.05) is 7.05 Å². The van der Waals surface area contributed by atoms with Crippen molar-refractivity contribution < 1.29 is 0 Å². The van der Waals surface area contributed by atoms with Crippen molar-refractivity contribution >= 4 is 29.1 Å². The van der Waals surface area contributed by atoms with Gasteiger partial charge in [-0.3, -0.25) is 4.99 Å². The molecule has 2 rings (SSSR count). The molecule has 18 heavy (non-hydrogen) atoms. The lowest BCUT2D eigenvalue weighted by molar-refractivity contribution is 0.479. The Labute approximate surface area is 117 Å². The molecule has 0 bridgehead atoms. The summed E-state index contributed by atoms with van der Waals surface area (Å²) in [5.41, 5.74) is 1.32. The monoisotopic (exact) mass is 283 g/mol. The van der Waals surface area contributed by atoms with Crippen LogP contribution >= 0.6 is 23.1 Å². The van der Waals surface area contributed by atoms with Crippen molar-refractivity contribution in [2.45, 2.75) is 19.4 Å². The van der Waals surface area contributed by atoms with Gasteiger partial charge in [0.15, 0.2) is 5.96 Å². The molecule has 0 aromatic carbocycles. The highest BCUT2D eigenvalue weighted by atomic mass is 32.2. The summed E-state index contributed by atoms with van der Waals surface area (Å²) >= 11 is 3.81. The topological polar surface area (TPSA) is 36.4 Å². The molecule has 5 heteroatoms. The third kappa shape index (κ3) is 4.53. The van der Waals surface area contributed by atoms with Crippen LogP contribution in [-0.4, -0.2) is 31.1 Å². The van der Waals surface area contributed by atoms with Crippen LogP contribution in [0.5, 0.6) is 0 Å². The molecule has 1 aromatic heterocycles. The fourth-order valence-electron chi connectivity index (χ4n) is 1.99. The molecular formula is C13H21N3S2. The van der Waals surface area contributed by atoms with E-state index in [9.17, 15) is 0 Å². The molecule has 1 saturated heterocycles. The Morgan fingerprint density at radius 1 is 1.39 bits per heavy atom. The molecule has 1 fully saturated rings. The van der Waals surface area contributed by atoms with Crippen molar-refractivity contribution in [1.29, 1.82) is 0 Å². The minimum atomic E-state index is 0.811. The maximum atomic E-state index is 4.26. The second-order valence-electron chi connectivity index (χ2n) is 4.49. The van der Waals surface area contributed by atoms with E-state index in [4.69, 9.17) is 0 Å². The zero-order valence-corrected chi connectivity index (χ0v) is 12.4. The Balaban J connectivity index is 1.68. The SMILES string of the molecule is CN=C(NCc1ccsc1)NCC1CCSCC1. The third-order valence-electron chi connectivity index (χ3n) is 3.16. The van der Waals surface area contributed by atoms with Crippen LogP contribution < -0.4 is 10.6 Å². The summed E-state index contributed by atoms with van der Waals surface area (Å²) in [6.45, 7) is 1.90. The molecule has 3 nitrogen and oxygen atoms in total. The lowest BCUT2D eigenvalue weighted by Crippen LogP contribution is -2.39. The molecule has 0 aliphatic carbocycles. The van der Waals surface area contributed by atoms with Gasteiger partial charge in [-0.25, -0.2) is 0 Å². The molecule has 1 aliphatic heterocycles. The summed E-state index contributed by atoms with van der Waals surface area (Å²) < 4.78 is 0. The molecule has 0 saturated carbocycles. The van der Waals surface area contributed by atoms with E-state index >= 15 is 0 Å². The molecule has 1 aromatic rings. The normalized spacial score (nSPS) is 17.7. The number of nitrogens with one attached hydrogen (secondary N) is 2. The lowest BCUT2D eigenvalue weighted by Gasteiger charge is -2.22. The molecular weight excluding hydrogens is 262 g/mol. The Hall–Kier alpha value is -0.680. The van der Waals surface area contributed by atoms with Crippen LogP contribution in [-0.2, 0) is 6.54 Å². The minimum Gasteiger partial charge on any atom is -0.356 e. The number of thioether (sulfide) groups is 1. The quantitative estimate of drug-likeness (QED) is 0.658. The van der Waals surface area contributed by atoms with Gasteiger partial charge in [0.1, 0.15) is 0 Å². The zero-order chi connectivity index (χ0) is 12.6. The summed E-state index contributed by atoms with van der Waals surface area (Å²) in [7, 11) is 1.83. The highest BCUT2D eigenvalue weighted by Gasteiger charge is 2.13. The smallest absolute Gasteiger partial charge is 0.191 e. The standard InChI is InChI=1S/C13H21N3S2/c1-14-13(16-9-12-4-7-18-10-12)15-8-11-2-5-17-6-3-11/h4,7,10-11H,2-3,5-6,8-9H2,1H3,(H2,14,15,16). The Kier molecular flexibility index (Phi) is 5.87. The van der Waals surface area contributed by atoms with Crippen LogP contribution in [0.2, 0.25) is 0 Å². The van der Waals surface area contributed by atoms with E-state index in [2.05, 4.69) is 44.2 Å². The molecule has 1 aliphatic rings. The van der Waals surface area contributed by atoms with Crippen LogP contribution in [0, 0.1) is 5.92 Å². The van der Waals surface area contributed by atoms with Gasteiger partial charge in [0.2, 0.25) is 0 Å². The summed E-state index contributed by atoms with van der Waals surface area (Å²) in [5, 5.41) is 11.1. The average molecular weight is 283 g/mol. The van der Waals surface area contributed by atoms with Gasteiger partial charge in [-0.15, -0.1) is 0 Å². The Morgan fingerprint density at radius 2 is 2.22 bits per heavy atom. The predicted octanol–water partition coefficient (Wildman–Crippen LogP) is 2.56. The summed E-state index contributed by atoms with van der Waals surface area (Å²) in [6.07, 6.45) is 2.67. The van der Waals surface area contributed by atoms with Crippen LogP contribution in [0.3, 0.4) is 0 Å². The van der Waals surface area contributed by atoms with Gasteiger partial charge >= 0.3 is 0 Å². The second-order valence-corrected chi connectivity index (χ2v) is 6.50. The average Bonchev–Trinajstić information content (AvgIpc) is 2.93. The number of hydrogen-bond donors (Lipinski definition) is 2. The van der Waals surface area contributed by atoms with Gasteiger partial charge in [-0.1, -0.05) is 0 Å². The van der Waals surface area contributed by atoms with Crippen molar-refractivity contribution in [1.82, 2.24) is 10.6 Å². The van der Waals surface area contributed by atoms with E-state index in [1.165, 1.54) is 29.9 Å². The lowest BCUT2D eigenvalue weighted by atomic mass is 10.0. The highest BCUT2D eigenvalue weighted by Crippen LogP contribution is 2.21. The van der Waals surface area contributed by atoms with E-state index in [0.29, 0.717) is 0 Å². The van der Waals surface area contributed by atoms with Gasteiger partial charge in [0.05, 0.1) is 0 Å². The molecule has 2 heterocycles. The molecule has 0 spiro atoms. The fourth-order valence-corrected chi connectivity index (χ4v) is 3.86. The van der Waals surface area contributed by atoms with Gasteiger partial charge in [-0.05, 0) is 52.7 Å². The number of hydrogen-bond acceptors (Lipinski definition) is 3. The molecule has 2 N–H and O–H groups in total. The minimum absolute atomic E-state index is 0.811. The van der Waals surface area contributed by atoms with Crippen molar-refractivity contribution in [3.63, 3.8) is 0 Å². The molecule has 0 unspecified atom stereocenters. The molecule has 0 amide bonds. The number of guanidine groups is 1. The third-order valence-corrected chi connectivity index (χ3v) is 4.94. The van der Waals surface area contributed by atoms with Gasteiger partial charge < -0.3 is 10.6 Å². The van der Waals surface area contributed by atoms with Crippen LogP contribution in [0.25, 0.3) is 0 Å². The summed E-state index contributed by atoms with van der Waals surface area (Å²) in [4.78, 5) is 4.26.